The van der Waals surface area contributed by atoms with Gasteiger partial charge in [-0.05, 0) is 128 Å². The van der Waals surface area contributed by atoms with Crippen LogP contribution in [-0.4, -0.2) is 29.5 Å². The summed E-state index contributed by atoms with van der Waals surface area (Å²) >= 11 is 0. The number of unbranched alkanes of at least 4 members (excludes halogenated alkanes) is 2. The van der Waals surface area contributed by atoms with Crippen LogP contribution in [0.3, 0.4) is 0 Å². The van der Waals surface area contributed by atoms with Crippen molar-refractivity contribution >= 4 is 22.8 Å². The summed E-state index contributed by atoms with van der Waals surface area (Å²) in [4.78, 5) is 30.9. The van der Waals surface area contributed by atoms with Gasteiger partial charge in [0.1, 0.15) is 22.8 Å². The Kier molecular flexibility index (Phi) is 14.5. The van der Waals surface area contributed by atoms with Gasteiger partial charge in [0.05, 0.1) is 18.4 Å². The third kappa shape index (κ3) is 12.5. The Balaban J connectivity index is 1.23. The van der Waals surface area contributed by atoms with Crippen molar-refractivity contribution in [3.8, 4) is 28.4 Å². The summed E-state index contributed by atoms with van der Waals surface area (Å²) in [5, 5.41) is 4.47. The standard InChI is InChI=1S/C53H76N2O5/c1-15-16-17-19-37-27-43(48-39-26-36(4)22-23-40(39)53(13,14)60-44(48)28-37)59-46(57)30-50(7,8)33-52(11,12)34-51(9,10)32-49(5,6)29-45(56)58-42-21-18-20-41-47(42)38(31-55-41)24-25-54-35(2)3/h18,20-23,26-28,31,35,54-55H,15-17,19,24-25,29-30,32-34H2,1-14H3. The molecule has 1 aliphatic heterocycles. The topological polar surface area (TPSA) is 89.7 Å². The number of nitrogens with one attached hydrogen (secondary N) is 2. The zero-order chi connectivity index (χ0) is 44.3. The maximum atomic E-state index is 14.0. The van der Waals surface area contributed by atoms with Gasteiger partial charge in [0.2, 0.25) is 0 Å². The van der Waals surface area contributed by atoms with Crippen LogP contribution in [0.25, 0.3) is 22.0 Å². The maximum Gasteiger partial charge on any atom is 0.311 e. The Bertz CT molecular complexity index is 2130. The molecular formula is C53H76N2O5. The molecule has 1 aliphatic rings. The molecule has 0 radical (unpaired) electrons. The van der Waals surface area contributed by atoms with E-state index < -0.39 is 5.60 Å². The number of hydrogen-bond acceptors (Lipinski definition) is 6. The number of H-pyrrole nitrogens is 1. The highest BCUT2D eigenvalue weighted by Crippen LogP contribution is 2.51. The molecule has 1 aromatic heterocycles. The molecule has 60 heavy (non-hydrogen) atoms. The first-order valence-electron chi connectivity index (χ1n) is 22.6. The van der Waals surface area contributed by atoms with E-state index in [-0.39, 0.29) is 33.6 Å². The number of esters is 2. The van der Waals surface area contributed by atoms with Gasteiger partial charge in [-0.2, -0.15) is 0 Å². The van der Waals surface area contributed by atoms with Crippen LogP contribution in [0.2, 0.25) is 0 Å². The lowest BCUT2D eigenvalue weighted by Crippen LogP contribution is -2.34. The predicted molar refractivity (Wildman–Crippen MR) is 248 cm³/mol. The first-order valence-corrected chi connectivity index (χ1v) is 22.6. The molecule has 0 amide bonds. The van der Waals surface area contributed by atoms with E-state index >= 15 is 0 Å². The molecule has 0 unspecified atom stereocenters. The van der Waals surface area contributed by atoms with Crippen molar-refractivity contribution in [1.29, 1.82) is 0 Å². The highest BCUT2D eigenvalue weighted by Gasteiger charge is 2.40. The number of ether oxygens (including phenoxy) is 3. The second kappa shape index (κ2) is 18.5. The molecular weight excluding hydrogens is 745 g/mol. The molecule has 0 fully saturated rings. The third-order valence-electron chi connectivity index (χ3n) is 11.9. The predicted octanol–water partition coefficient (Wildman–Crippen LogP) is 13.6. The second-order valence-electron chi connectivity index (χ2n) is 21.9. The van der Waals surface area contributed by atoms with Gasteiger partial charge in [0.15, 0.2) is 0 Å². The number of benzene rings is 3. The maximum absolute atomic E-state index is 14.0. The molecule has 7 heteroatoms. The molecule has 0 aliphatic carbocycles. The highest BCUT2D eigenvalue weighted by atomic mass is 16.5. The van der Waals surface area contributed by atoms with Crippen LogP contribution in [-0.2, 0) is 28.0 Å². The van der Waals surface area contributed by atoms with Gasteiger partial charge < -0.3 is 24.5 Å². The van der Waals surface area contributed by atoms with Crippen molar-refractivity contribution in [2.45, 2.75) is 173 Å². The van der Waals surface area contributed by atoms with Crippen LogP contribution in [0, 0.1) is 28.6 Å². The fraction of sp³-hybridized carbons (Fsp3) is 0.585. The normalized spacial score (nSPS) is 14.2. The Morgan fingerprint density at radius 3 is 2.02 bits per heavy atom. The van der Waals surface area contributed by atoms with E-state index in [0.717, 1.165) is 108 Å². The van der Waals surface area contributed by atoms with Crippen molar-refractivity contribution < 1.29 is 23.8 Å². The quantitative estimate of drug-likeness (QED) is 0.0524. The molecule has 5 rings (SSSR count). The number of aryl methyl sites for hydroxylation is 2. The third-order valence-corrected chi connectivity index (χ3v) is 11.9. The molecule has 0 atom stereocenters. The van der Waals surface area contributed by atoms with E-state index in [1.165, 1.54) is 0 Å². The summed E-state index contributed by atoms with van der Waals surface area (Å²) in [6.45, 7) is 31.6. The number of carbonyl (C=O) groups excluding carboxylic acids is 2. The van der Waals surface area contributed by atoms with Gasteiger partial charge in [-0.3, -0.25) is 9.59 Å². The van der Waals surface area contributed by atoms with Crippen molar-refractivity contribution in [2.24, 2.45) is 21.7 Å². The van der Waals surface area contributed by atoms with Gasteiger partial charge in [0, 0.05) is 28.7 Å². The second-order valence-corrected chi connectivity index (χ2v) is 21.9. The fourth-order valence-electron chi connectivity index (χ4n) is 10.7. The molecule has 328 valence electrons. The molecule has 4 aromatic rings. The summed E-state index contributed by atoms with van der Waals surface area (Å²) in [6.07, 6.45) is 10.4. The van der Waals surface area contributed by atoms with Gasteiger partial charge >= 0.3 is 11.9 Å². The SMILES string of the molecule is CCCCCc1cc(OC(=O)CC(C)(C)CC(C)(C)CC(C)(C)CC(C)(C)CC(=O)Oc2cccc3[nH]cc(CCNC(C)C)c23)c2c(c1)OC(C)(C)c1ccc(C)cc1-2. The van der Waals surface area contributed by atoms with Gasteiger partial charge in [-0.1, -0.05) is 119 Å². The summed E-state index contributed by atoms with van der Waals surface area (Å²) in [5.41, 5.74) is 6.18. The van der Waals surface area contributed by atoms with Crippen LogP contribution in [0.4, 0.5) is 0 Å². The van der Waals surface area contributed by atoms with Crippen molar-refractivity contribution in [3.05, 3.63) is 77.0 Å². The molecule has 0 saturated carbocycles. The minimum absolute atomic E-state index is 0.0717. The molecule has 7 nitrogen and oxygen atoms in total. The Morgan fingerprint density at radius 2 is 1.40 bits per heavy atom. The van der Waals surface area contributed by atoms with Crippen molar-refractivity contribution in [3.63, 3.8) is 0 Å². The molecule has 0 spiro atoms. The first-order chi connectivity index (χ1) is 27.9. The Labute approximate surface area is 362 Å². The Hall–Kier alpha value is -4.10. The fourth-order valence-corrected chi connectivity index (χ4v) is 10.7. The van der Waals surface area contributed by atoms with E-state index in [2.05, 4.69) is 138 Å². The van der Waals surface area contributed by atoms with Gasteiger partial charge in [-0.15, -0.1) is 0 Å². The van der Waals surface area contributed by atoms with Gasteiger partial charge in [-0.25, -0.2) is 0 Å². The molecule has 3 aromatic carbocycles. The number of aromatic amines is 1. The van der Waals surface area contributed by atoms with Crippen LogP contribution >= 0.6 is 0 Å². The lowest BCUT2D eigenvalue weighted by molar-refractivity contribution is -0.137. The lowest BCUT2D eigenvalue weighted by atomic mass is 9.63. The monoisotopic (exact) mass is 821 g/mol. The van der Waals surface area contributed by atoms with Crippen LogP contribution < -0.4 is 19.5 Å². The highest BCUT2D eigenvalue weighted by molar-refractivity contribution is 5.91. The van der Waals surface area contributed by atoms with E-state index in [1.54, 1.807) is 0 Å². The molecule has 0 saturated heterocycles. The summed E-state index contributed by atoms with van der Waals surface area (Å²) < 4.78 is 19.2. The van der Waals surface area contributed by atoms with E-state index in [4.69, 9.17) is 14.2 Å². The molecule has 0 bridgehead atoms. The van der Waals surface area contributed by atoms with Gasteiger partial charge in [0.25, 0.3) is 0 Å². The molecule has 2 N–H and O–H groups in total. The number of carbonyl (C=O) groups is 2. The smallest absolute Gasteiger partial charge is 0.311 e. The number of fused-ring (bicyclic) bond motifs is 4. The number of aromatic nitrogens is 1. The minimum atomic E-state index is -0.508. The van der Waals surface area contributed by atoms with Crippen molar-refractivity contribution in [2.75, 3.05) is 6.54 Å². The summed E-state index contributed by atoms with van der Waals surface area (Å²) in [5.74, 6) is 1.55. The largest absolute Gasteiger partial charge is 0.482 e. The summed E-state index contributed by atoms with van der Waals surface area (Å²) in [6, 6.07) is 17.0. The number of rotatable bonds is 20. The van der Waals surface area contributed by atoms with Crippen LogP contribution in [0.5, 0.6) is 17.2 Å². The Morgan fingerprint density at radius 1 is 0.783 bits per heavy atom. The van der Waals surface area contributed by atoms with Crippen molar-refractivity contribution in [1.82, 2.24) is 10.3 Å². The lowest BCUT2D eigenvalue weighted by Gasteiger charge is -2.42. The zero-order valence-electron chi connectivity index (χ0n) is 39.6. The van der Waals surface area contributed by atoms with E-state index in [0.29, 0.717) is 30.4 Å². The van der Waals surface area contributed by atoms with Crippen LogP contribution in [0.1, 0.15) is 164 Å². The van der Waals surface area contributed by atoms with E-state index in [9.17, 15) is 9.59 Å². The zero-order valence-corrected chi connectivity index (χ0v) is 39.6. The average molecular weight is 821 g/mol. The summed E-state index contributed by atoms with van der Waals surface area (Å²) in [7, 11) is 0. The van der Waals surface area contributed by atoms with Crippen LogP contribution in [0.15, 0.2) is 54.7 Å². The number of hydrogen-bond donors (Lipinski definition) is 2. The first kappa shape index (κ1) is 47.0. The molecule has 2 heterocycles. The minimum Gasteiger partial charge on any atom is -0.482 e. The van der Waals surface area contributed by atoms with E-state index in [1.807, 2.05) is 24.4 Å². The average Bonchev–Trinajstić information content (AvgIpc) is 3.49.